The molecule has 1 rings (SSSR count). The number of rotatable bonds is 4. The molecule has 0 aliphatic rings. The van der Waals surface area contributed by atoms with Crippen LogP contribution in [0.3, 0.4) is 0 Å². The number of hydrogen-bond acceptors (Lipinski definition) is 3. The van der Waals surface area contributed by atoms with Gasteiger partial charge in [0.2, 0.25) is 0 Å². The first-order valence-corrected chi connectivity index (χ1v) is 5.38. The fraction of sp³-hybridized carbons (Fsp3) is 0.300. The van der Waals surface area contributed by atoms with Crippen LogP contribution >= 0.6 is 15.9 Å². The predicted molar refractivity (Wildman–Crippen MR) is 60.1 cm³/mol. The zero-order chi connectivity index (χ0) is 10.4. The van der Waals surface area contributed by atoms with Gasteiger partial charge in [0, 0.05) is 17.6 Å². The predicted octanol–water partition coefficient (Wildman–Crippen LogP) is 2.28. The molecule has 0 bridgehead atoms. The van der Waals surface area contributed by atoms with Crippen LogP contribution in [-0.4, -0.2) is 25.0 Å². The number of alkyl halides is 1. The van der Waals surface area contributed by atoms with E-state index in [4.69, 9.17) is 0 Å². The molecule has 0 heterocycles. The Morgan fingerprint density at radius 2 is 2.07 bits per heavy atom. The van der Waals surface area contributed by atoms with Gasteiger partial charge in [-0.05, 0) is 24.3 Å². The maximum Gasteiger partial charge on any atom is 0.337 e. The van der Waals surface area contributed by atoms with E-state index in [-0.39, 0.29) is 5.97 Å². The number of ether oxygens (including phenoxy) is 1. The summed E-state index contributed by atoms with van der Waals surface area (Å²) in [5, 5.41) is 4.07. The summed E-state index contributed by atoms with van der Waals surface area (Å²) in [5.41, 5.74) is 1.56. The van der Waals surface area contributed by atoms with Crippen molar-refractivity contribution in [1.82, 2.24) is 0 Å². The molecular formula is C10H12BrNO2. The third kappa shape index (κ3) is 3.03. The Kier molecular flexibility index (Phi) is 4.46. The van der Waals surface area contributed by atoms with Crippen molar-refractivity contribution < 1.29 is 9.53 Å². The first kappa shape index (κ1) is 11.0. The number of halogens is 1. The fourth-order valence-corrected chi connectivity index (χ4v) is 1.23. The van der Waals surface area contributed by atoms with E-state index in [1.807, 2.05) is 12.1 Å². The molecule has 1 N–H and O–H groups in total. The largest absolute Gasteiger partial charge is 0.465 e. The molecule has 0 amide bonds. The first-order chi connectivity index (χ1) is 6.77. The number of hydrogen-bond donors (Lipinski definition) is 1. The van der Waals surface area contributed by atoms with Gasteiger partial charge in [0.15, 0.2) is 0 Å². The zero-order valence-electron chi connectivity index (χ0n) is 7.92. The van der Waals surface area contributed by atoms with Gasteiger partial charge in [-0.1, -0.05) is 15.9 Å². The third-order valence-electron chi connectivity index (χ3n) is 1.73. The highest BCUT2D eigenvalue weighted by Crippen LogP contribution is 2.09. The minimum atomic E-state index is -0.308. The third-order valence-corrected chi connectivity index (χ3v) is 2.13. The summed E-state index contributed by atoms with van der Waals surface area (Å²) in [5.74, 6) is -0.308. The van der Waals surface area contributed by atoms with Crippen molar-refractivity contribution in [1.29, 1.82) is 0 Å². The van der Waals surface area contributed by atoms with E-state index < -0.39 is 0 Å². The number of carbonyl (C=O) groups excluding carboxylic acids is 1. The van der Waals surface area contributed by atoms with Crippen molar-refractivity contribution >= 4 is 27.6 Å². The van der Waals surface area contributed by atoms with Gasteiger partial charge in [0.25, 0.3) is 0 Å². The second-order valence-corrected chi connectivity index (χ2v) is 3.48. The average Bonchev–Trinajstić information content (AvgIpc) is 2.26. The van der Waals surface area contributed by atoms with Gasteiger partial charge in [-0.3, -0.25) is 0 Å². The Bertz CT molecular complexity index is 297. The number of carbonyl (C=O) groups is 1. The highest BCUT2D eigenvalue weighted by Gasteiger charge is 2.03. The highest BCUT2D eigenvalue weighted by molar-refractivity contribution is 9.09. The molecule has 4 heteroatoms. The van der Waals surface area contributed by atoms with Gasteiger partial charge >= 0.3 is 5.97 Å². The Morgan fingerprint density at radius 3 is 2.57 bits per heavy atom. The van der Waals surface area contributed by atoms with Crippen LogP contribution in [0.25, 0.3) is 0 Å². The molecule has 1 aromatic carbocycles. The van der Waals surface area contributed by atoms with Crippen LogP contribution in [0.5, 0.6) is 0 Å². The van der Waals surface area contributed by atoms with Gasteiger partial charge in [-0.25, -0.2) is 4.79 Å². The SMILES string of the molecule is COC(=O)c1ccc(NCCBr)cc1. The van der Waals surface area contributed by atoms with Crippen LogP contribution in [0.4, 0.5) is 5.69 Å². The molecule has 0 unspecified atom stereocenters. The van der Waals surface area contributed by atoms with Gasteiger partial charge in [0.05, 0.1) is 12.7 Å². The lowest BCUT2D eigenvalue weighted by molar-refractivity contribution is 0.0601. The fourth-order valence-electron chi connectivity index (χ4n) is 1.03. The van der Waals surface area contributed by atoms with E-state index in [0.717, 1.165) is 17.6 Å². The zero-order valence-corrected chi connectivity index (χ0v) is 9.50. The molecule has 0 saturated carbocycles. The highest BCUT2D eigenvalue weighted by atomic mass is 79.9. The molecule has 3 nitrogen and oxygen atoms in total. The minimum absolute atomic E-state index is 0.308. The maximum atomic E-state index is 11.1. The number of esters is 1. The molecule has 0 aliphatic carbocycles. The number of anilines is 1. The van der Waals surface area contributed by atoms with E-state index in [0.29, 0.717) is 5.56 Å². The second-order valence-electron chi connectivity index (χ2n) is 2.68. The molecule has 1 aromatic rings. The van der Waals surface area contributed by atoms with Crippen molar-refractivity contribution in [2.24, 2.45) is 0 Å². The smallest absolute Gasteiger partial charge is 0.337 e. The van der Waals surface area contributed by atoms with Crippen molar-refractivity contribution in [3.63, 3.8) is 0 Å². The van der Waals surface area contributed by atoms with Gasteiger partial charge in [-0.15, -0.1) is 0 Å². The molecule has 76 valence electrons. The van der Waals surface area contributed by atoms with Crippen LogP contribution in [0, 0.1) is 0 Å². The van der Waals surface area contributed by atoms with Crippen LogP contribution in [0.15, 0.2) is 24.3 Å². The molecule has 0 spiro atoms. The second kappa shape index (κ2) is 5.65. The van der Waals surface area contributed by atoms with Crippen LogP contribution in [0.2, 0.25) is 0 Å². The topological polar surface area (TPSA) is 38.3 Å². The molecular weight excluding hydrogens is 246 g/mol. The van der Waals surface area contributed by atoms with Crippen molar-refractivity contribution in [3.05, 3.63) is 29.8 Å². The lowest BCUT2D eigenvalue weighted by atomic mass is 10.2. The van der Waals surface area contributed by atoms with E-state index in [9.17, 15) is 4.79 Å². The van der Waals surface area contributed by atoms with Crippen LogP contribution in [-0.2, 0) is 4.74 Å². The molecule has 0 fully saturated rings. The Labute approximate surface area is 91.6 Å². The standard InChI is InChI=1S/C10H12BrNO2/c1-14-10(13)8-2-4-9(5-3-8)12-7-6-11/h2-5,12H,6-7H2,1H3. The van der Waals surface area contributed by atoms with Gasteiger partial charge in [0.1, 0.15) is 0 Å². The Morgan fingerprint density at radius 1 is 1.43 bits per heavy atom. The minimum Gasteiger partial charge on any atom is -0.465 e. The van der Waals surface area contributed by atoms with Crippen molar-refractivity contribution in [3.8, 4) is 0 Å². The molecule has 0 aromatic heterocycles. The van der Waals surface area contributed by atoms with E-state index in [1.165, 1.54) is 7.11 Å². The van der Waals surface area contributed by atoms with Gasteiger partial charge in [-0.2, -0.15) is 0 Å². The van der Waals surface area contributed by atoms with Crippen LogP contribution in [0.1, 0.15) is 10.4 Å². The van der Waals surface area contributed by atoms with Crippen molar-refractivity contribution in [2.75, 3.05) is 24.3 Å². The summed E-state index contributed by atoms with van der Waals surface area (Å²) >= 11 is 3.32. The van der Waals surface area contributed by atoms with E-state index in [1.54, 1.807) is 12.1 Å². The lowest BCUT2D eigenvalue weighted by Gasteiger charge is -2.04. The summed E-state index contributed by atoms with van der Waals surface area (Å²) in [6.07, 6.45) is 0. The number of methoxy groups -OCH3 is 1. The summed E-state index contributed by atoms with van der Waals surface area (Å²) in [4.78, 5) is 11.1. The summed E-state index contributed by atoms with van der Waals surface area (Å²) < 4.78 is 4.59. The first-order valence-electron chi connectivity index (χ1n) is 4.26. The van der Waals surface area contributed by atoms with Gasteiger partial charge < -0.3 is 10.1 Å². The summed E-state index contributed by atoms with van der Waals surface area (Å²) in [6.45, 7) is 0.859. The number of benzene rings is 1. The van der Waals surface area contributed by atoms with Crippen molar-refractivity contribution in [2.45, 2.75) is 0 Å². The molecule has 0 aliphatic heterocycles. The molecule has 0 radical (unpaired) electrons. The summed E-state index contributed by atoms with van der Waals surface area (Å²) in [7, 11) is 1.37. The molecule has 14 heavy (non-hydrogen) atoms. The lowest BCUT2D eigenvalue weighted by Crippen LogP contribution is -2.04. The number of nitrogens with one attached hydrogen (secondary N) is 1. The monoisotopic (exact) mass is 257 g/mol. The maximum absolute atomic E-state index is 11.1. The molecule has 0 atom stereocenters. The Balaban J connectivity index is 2.63. The van der Waals surface area contributed by atoms with Crippen LogP contribution < -0.4 is 5.32 Å². The summed E-state index contributed by atoms with van der Waals surface area (Å²) in [6, 6.07) is 7.19. The molecule has 0 saturated heterocycles. The van der Waals surface area contributed by atoms with E-state index in [2.05, 4.69) is 26.0 Å². The normalized spacial score (nSPS) is 9.57. The average molecular weight is 258 g/mol. The quantitative estimate of drug-likeness (QED) is 0.665. The van der Waals surface area contributed by atoms with E-state index >= 15 is 0 Å². The Hall–Kier alpha value is -1.03.